The van der Waals surface area contributed by atoms with Gasteiger partial charge in [-0.1, -0.05) is 155 Å². The first-order valence-electron chi connectivity index (χ1n) is 35.9. The van der Waals surface area contributed by atoms with Gasteiger partial charge in [0, 0.05) is 94.9 Å². The maximum absolute atomic E-state index is 7.66. The SMILES string of the molecule is CCCCCC1c2cc3c4c(C)c2Oc2nc5ccccc5nc2Oc2c1cc1c(c2C)Oc2nc5ccccc5nc2Oc2c(cc5c(c2C)Oc2nc6ccccc6nc2Oc2c(cc(c(c2C)Oc2nc6ccccc6nc2O4)C3CCCCC)C5c2ccc(Br)cc2)C1CCCCC. The normalized spacial score (nSPS) is 16.4. The van der Waals surface area contributed by atoms with Crippen LogP contribution in [0.5, 0.6) is 93.0 Å². The molecule has 102 heavy (non-hydrogen) atoms. The summed E-state index contributed by atoms with van der Waals surface area (Å²) in [6.07, 6.45) is 10.5. The number of hydrogen-bond donors (Lipinski definition) is 0. The Labute approximate surface area is 599 Å². The maximum atomic E-state index is 7.66. The van der Waals surface area contributed by atoms with Crippen molar-refractivity contribution in [3.8, 4) is 93.0 Å². The van der Waals surface area contributed by atoms with Crippen LogP contribution in [0.2, 0.25) is 0 Å². The van der Waals surface area contributed by atoms with Crippen LogP contribution in [0.1, 0.15) is 194 Å². The zero-order chi connectivity index (χ0) is 69.0. The molecular formula is C85H73BrN8O8. The van der Waals surface area contributed by atoms with Gasteiger partial charge in [-0.25, -0.2) is 39.9 Å². The third-order valence-electron chi connectivity index (χ3n) is 21.1. The van der Waals surface area contributed by atoms with Crippen molar-refractivity contribution in [1.82, 2.24) is 39.9 Å². The molecule has 508 valence electrons. The Bertz CT molecular complexity index is 5300. The van der Waals surface area contributed by atoms with Crippen LogP contribution in [-0.4, -0.2) is 39.9 Å². The summed E-state index contributed by atoms with van der Waals surface area (Å²) in [5, 5.41) is 0. The van der Waals surface area contributed by atoms with E-state index in [0.29, 0.717) is 121 Å². The Hall–Kier alpha value is -10.8. The molecule has 8 heterocycles. The Balaban J connectivity index is 1.07. The van der Waals surface area contributed by atoms with Gasteiger partial charge in [-0.2, -0.15) is 0 Å². The zero-order valence-electron chi connectivity index (χ0n) is 57.9. The smallest absolute Gasteiger partial charge is 0.284 e. The molecule has 9 aromatic carbocycles. The van der Waals surface area contributed by atoms with Crippen molar-refractivity contribution in [2.24, 2.45) is 0 Å². The van der Waals surface area contributed by atoms with E-state index in [1.165, 1.54) is 0 Å². The highest BCUT2D eigenvalue weighted by Crippen LogP contribution is 2.62. The average molecular weight is 1410 g/mol. The third kappa shape index (κ3) is 10.7. The van der Waals surface area contributed by atoms with E-state index in [0.717, 1.165) is 123 Å². The molecular weight excluding hydrogens is 1340 g/mol. The fraction of sp³-hybridized carbons (Fsp3) is 0.271. The molecule has 0 N–H and O–H groups in total. The molecule has 0 saturated heterocycles. The Morgan fingerprint density at radius 2 is 0.480 bits per heavy atom. The fourth-order valence-corrected chi connectivity index (χ4v) is 16.3. The predicted molar refractivity (Wildman–Crippen MR) is 397 cm³/mol. The Morgan fingerprint density at radius 3 is 0.696 bits per heavy atom. The Kier molecular flexibility index (Phi) is 16.0. The quantitative estimate of drug-likeness (QED) is 0.0995. The van der Waals surface area contributed by atoms with Gasteiger partial charge in [0.25, 0.3) is 47.0 Å². The van der Waals surface area contributed by atoms with Crippen LogP contribution in [0.4, 0.5) is 0 Å². The summed E-state index contributed by atoms with van der Waals surface area (Å²) in [6, 6.07) is 49.2. The molecule has 18 rings (SSSR count). The van der Waals surface area contributed by atoms with Gasteiger partial charge >= 0.3 is 0 Å². The van der Waals surface area contributed by atoms with Crippen LogP contribution in [0, 0.1) is 27.7 Å². The molecule has 0 saturated carbocycles. The van der Waals surface area contributed by atoms with Gasteiger partial charge in [0.1, 0.15) is 46.0 Å². The molecule has 13 aromatic rings. The molecule has 2 atom stereocenters. The van der Waals surface area contributed by atoms with E-state index in [1.54, 1.807) is 0 Å². The lowest BCUT2D eigenvalue weighted by Gasteiger charge is -2.32. The number of aromatic nitrogens is 8. The molecule has 17 heteroatoms. The van der Waals surface area contributed by atoms with E-state index in [4.69, 9.17) is 77.8 Å². The van der Waals surface area contributed by atoms with Gasteiger partial charge < -0.3 is 37.9 Å². The summed E-state index contributed by atoms with van der Waals surface area (Å²) < 4.78 is 62.1. The standard InChI is InChI=1S/C85H73BrN8O8/c1-8-11-14-25-50-53-40-55-51(26-15-12-9-2)57-42-59-69(48-36-38-49(86)39-37-48)60-43-58-52(27-16-13-10-3)56-41-54(50)71-45(5)73(56)98-81-83(92-66-33-22-20-31-64(66)90-81)100-75(58)47(7)77(60)102-85-84(93-67-34-23-24-35-68(67)94-85)101-76(59)46(6)74(57)99-82-80(89-63-30-19-21-32-65(63)91-82)97-72(55)44(4)70(53)95-78-79(96-71)88-62-29-18-17-28-61(62)87-78/h17-24,28-43,50-52,69H,8-16,25-27H2,1-7H3. The number of halogens is 1. The molecule has 5 aliphatic rings. The average Bonchev–Trinajstić information content (AvgIpc) is 1.41. The first-order chi connectivity index (χ1) is 50.0. The number of benzene rings is 9. The lowest BCUT2D eigenvalue weighted by molar-refractivity contribution is 0.372. The van der Waals surface area contributed by atoms with Gasteiger partial charge in [0.2, 0.25) is 0 Å². The van der Waals surface area contributed by atoms with Gasteiger partial charge in [0.05, 0.1) is 44.1 Å². The highest BCUT2D eigenvalue weighted by atomic mass is 79.9. The minimum absolute atomic E-state index is 0.156. The minimum Gasteiger partial charge on any atom is -0.434 e. The van der Waals surface area contributed by atoms with E-state index < -0.39 is 17.8 Å². The molecule has 0 fully saturated rings. The fourth-order valence-electron chi connectivity index (χ4n) is 16.0. The van der Waals surface area contributed by atoms with Crippen molar-refractivity contribution in [3.63, 3.8) is 0 Å². The minimum atomic E-state index is -0.633. The molecule has 0 amide bonds. The van der Waals surface area contributed by atoms with E-state index in [9.17, 15) is 0 Å². The summed E-state index contributed by atoms with van der Waals surface area (Å²) in [5.74, 6) is 3.91. The van der Waals surface area contributed by atoms with Crippen molar-refractivity contribution in [2.75, 3.05) is 0 Å². The summed E-state index contributed by atoms with van der Waals surface area (Å²) in [4.78, 5) is 42.7. The van der Waals surface area contributed by atoms with Crippen LogP contribution in [-0.2, 0) is 0 Å². The Morgan fingerprint density at radius 1 is 0.275 bits per heavy atom. The number of rotatable bonds is 13. The topological polar surface area (TPSA) is 177 Å². The second-order valence-corrected chi connectivity index (χ2v) is 28.5. The van der Waals surface area contributed by atoms with Crippen LogP contribution < -0.4 is 37.9 Å². The molecule has 0 spiro atoms. The van der Waals surface area contributed by atoms with Crippen molar-refractivity contribution in [1.29, 1.82) is 0 Å². The monoisotopic (exact) mass is 1410 g/mol. The summed E-state index contributed by atoms with van der Waals surface area (Å²) in [5.41, 5.74) is 16.0. The highest BCUT2D eigenvalue weighted by molar-refractivity contribution is 9.10. The van der Waals surface area contributed by atoms with Gasteiger partial charge in [-0.05, 0) is 137 Å². The van der Waals surface area contributed by atoms with E-state index in [2.05, 4.69) is 113 Å². The van der Waals surface area contributed by atoms with E-state index in [-0.39, 0.29) is 53.0 Å². The zero-order valence-corrected chi connectivity index (χ0v) is 59.5. The number of ether oxygens (including phenoxy) is 8. The first-order valence-corrected chi connectivity index (χ1v) is 36.7. The van der Waals surface area contributed by atoms with E-state index in [1.807, 2.05) is 97.1 Å². The van der Waals surface area contributed by atoms with Crippen molar-refractivity contribution < 1.29 is 37.9 Å². The van der Waals surface area contributed by atoms with E-state index >= 15 is 0 Å². The first kappa shape index (κ1) is 63.4. The second kappa shape index (κ2) is 25.7. The summed E-state index contributed by atoms with van der Waals surface area (Å²) in [7, 11) is 0. The van der Waals surface area contributed by atoms with Crippen LogP contribution in [0.15, 0.2) is 150 Å². The molecule has 0 radical (unpaired) electrons. The largest absolute Gasteiger partial charge is 0.434 e. The summed E-state index contributed by atoms with van der Waals surface area (Å²) in [6.45, 7) is 15.1. The lowest BCUT2D eigenvalue weighted by Crippen LogP contribution is -2.15. The number of nitrogens with zero attached hydrogens (tertiary/aromatic N) is 8. The molecule has 4 aromatic heterocycles. The van der Waals surface area contributed by atoms with Crippen molar-refractivity contribution >= 4 is 60.1 Å². The number of fused-ring (bicyclic) bond motifs is 8. The molecule has 2 unspecified atom stereocenters. The predicted octanol–water partition coefficient (Wildman–Crippen LogP) is 23.7. The maximum Gasteiger partial charge on any atom is 0.284 e. The number of hydrogen-bond acceptors (Lipinski definition) is 16. The van der Waals surface area contributed by atoms with Crippen LogP contribution >= 0.6 is 15.9 Å². The number of unbranched alkanes of at least 4 members (excludes halogenated alkanes) is 6. The third-order valence-corrected chi connectivity index (χ3v) is 21.6. The summed E-state index contributed by atoms with van der Waals surface area (Å²) >= 11 is 3.86. The molecule has 16 nitrogen and oxygen atoms in total. The second-order valence-electron chi connectivity index (χ2n) is 27.6. The lowest BCUT2D eigenvalue weighted by atomic mass is 9.74. The van der Waals surface area contributed by atoms with Crippen LogP contribution in [0.3, 0.4) is 0 Å². The van der Waals surface area contributed by atoms with Crippen molar-refractivity contribution in [2.45, 2.75) is 149 Å². The number of para-hydroxylation sites is 8. The van der Waals surface area contributed by atoms with Crippen LogP contribution in [0.25, 0.3) is 44.1 Å². The van der Waals surface area contributed by atoms with Gasteiger partial charge in [-0.15, -0.1) is 0 Å². The van der Waals surface area contributed by atoms with Crippen molar-refractivity contribution in [3.05, 3.63) is 222 Å². The molecule has 4 aliphatic heterocycles. The van der Waals surface area contributed by atoms with Gasteiger partial charge in [-0.3, -0.25) is 0 Å². The van der Waals surface area contributed by atoms with Gasteiger partial charge in [0.15, 0.2) is 0 Å². The molecule has 8 bridgehead atoms. The highest BCUT2D eigenvalue weighted by Gasteiger charge is 2.43. The molecule has 1 aliphatic carbocycles.